The number of ether oxygens (including phenoxy) is 2. The van der Waals surface area contributed by atoms with Gasteiger partial charge in [0.25, 0.3) is 5.91 Å². The van der Waals surface area contributed by atoms with Crippen LogP contribution < -0.4 is 25.5 Å². The molecule has 3 N–H and O–H groups in total. The molecule has 0 saturated carbocycles. The number of carbonyl (C=O) groups is 3. The van der Waals surface area contributed by atoms with Gasteiger partial charge in [0.2, 0.25) is 0 Å². The summed E-state index contributed by atoms with van der Waals surface area (Å²) in [6.07, 6.45) is -3.48. The minimum Gasteiger partial charge on any atom is -0.493 e. The first-order valence-electron chi connectivity index (χ1n) is 10.8. The fourth-order valence-corrected chi connectivity index (χ4v) is 3.37. The second kappa shape index (κ2) is 12.9. The zero-order valence-corrected chi connectivity index (χ0v) is 21.5. The number of methoxy groups -OCH3 is 1. The number of benzene rings is 3. The van der Waals surface area contributed by atoms with Gasteiger partial charge < -0.3 is 20.1 Å². The Balaban J connectivity index is 1.56. The molecule has 9 nitrogen and oxygen atoms in total. The van der Waals surface area contributed by atoms with Crippen LogP contribution in [-0.2, 0) is 20.6 Å². The van der Waals surface area contributed by atoms with E-state index in [1.807, 2.05) is 5.43 Å². The lowest BCUT2D eigenvalue weighted by Crippen LogP contribution is -2.32. The molecule has 0 aliphatic rings. The Morgan fingerprint density at radius 2 is 1.67 bits per heavy atom. The molecule has 0 aromatic heterocycles. The quantitative estimate of drug-likeness (QED) is 0.148. The van der Waals surface area contributed by atoms with Gasteiger partial charge >= 0.3 is 18.0 Å². The highest BCUT2D eigenvalue weighted by molar-refractivity contribution is 9.10. The summed E-state index contributed by atoms with van der Waals surface area (Å²) >= 11 is 2.97. The molecular formula is C25H19BrF4N4O5. The van der Waals surface area contributed by atoms with Crippen LogP contribution in [-0.4, -0.2) is 37.7 Å². The van der Waals surface area contributed by atoms with Gasteiger partial charge in [0.1, 0.15) is 5.82 Å². The average Bonchev–Trinajstić information content (AvgIpc) is 2.89. The van der Waals surface area contributed by atoms with Gasteiger partial charge in [0.05, 0.1) is 24.6 Å². The number of nitrogens with one attached hydrogen (secondary N) is 3. The van der Waals surface area contributed by atoms with Crippen molar-refractivity contribution in [2.75, 3.05) is 24.4 Å². The molecule has 0 aliphatic carbocycles. The normalized spacial score (nSPS) is 11.1. The fraction of sp³-hybridized carbons (Fsp3) is 0.120. The molecule has 0 unspecified atom stereocenters. The van der Waals surface area contributed by atoms with Crippen molar-refractivity contribution in [1.29, 1.82) is 0 Å². The number of alkyl halides is 3. The Labute approximate surface area is 227 Å². The highest BCUT2D eigenvalue weighted by atomic mass is 79.9. The Hall–Kier alpha value is -4.46. The van der Waals surface area contributed by atoms with Gasteiger partial charge in [-0.25, -0.2) is 9.82 Å². The van der Waals surface area contributed by atoms with Gasteiger partial charge in [0, 0.05) is 10.2 Å². The van der Waals surface area contributed by atoms with Crippen LogP contribution >= 0.6 is 15.9 Å². The Bertz CT molecular complexity index is 1400. The summed E-state index contributed by atoms with van der Waals surface area (Å²) in [6.45, 7) is -0.615. The maximum Gasteiger partial charge on any atom is 0.418 e. The smallest absolute Gasteiger partial charge is 0.418 e. The first kappa shape index (κ1) is 29.1. The number of nitrogens with zero attached hydrogens (tertiary/aromatic N) is 1. The molecule has 0 radical (unpaired) electrons. The molecule has 0 bridgehead atoms. The summed E-state index contributed by atoms with van der Waals surface area (Å²) in [5.41, 5.74) is 1.21. The summed E-state index contributed by atoms with van der Waals surface area (Å²) in [5, 5.41) is 8.13. The molecule has 0 spiro atoms. The third kappa shape index (κ3) is 8.53. The molecule has 14 heteroatoms. The van der Waals surface area contributed by atoms with E-state index in [4.69, 9.17) is 9.47 Å². The van der Waals surface area contributed by atoms with Crippen LogP contribution in [0.4, 0.5) is 28.9 Å². The Morgan fingerprint density at radius 1 is 0.949 bits per heavy atom. The Morgan fingerprint density at radius 3 is 2.33 bits per heavy atom. The van der Waals surface area contributed by atoms with E-state index in [2.05, 4.69) is 31.7 Å². The van der Waals surface area contributed by atoms with Crippen molar-refractivity contribution in [1.82, 2.24) is 5.43 Å². The lowest BCUT2D eigenvalue weighted by molar-refractivity contribution is -0.137. The van der Waals surface area contributed by atoms with E-state index < -0.39 is 47.6 Å². The molecule has 3 aromatic carbocycles. The molecule has 204 valence electrons. The largest absolute Gasteiger partial charge is 0.493 e. The molecule has 0 fully saturated rings. The number of hydrogen-bond acceptors (Lipinski definition) is 6. The maximum atomic E-state index is 13.3. The van der Waals surface area contributed by atoms with Crippen LogP contribution in [0.3, 0.4) is 0 Å². The van der Waals surface area contributed by atoms with Gasteiger partial charge in [0.15, 0.2) is 18.1 Å². The second-order valence-corrected chi connectivity index (χ2v) is 8.51. The van der Waals surface area contributed by atoms with Crippen LogP contribution in [0.5, 0.6) is 11.5 Å². The van der Waals surface area contributed by atoms with E-state index in [-0.39, 0.29) is 21.7 Å². The van der Waals surface area contributed by atoms with E-state index in [0.717, 1.165) is 24.3 Å². The average molecular weight is 611 g/mol. The van der Waals surface area contributed by atoms with E-state index in [9.17, 15) is 31.9 Å². The van der Waals surface area contributed by atoms with Crippen molar-refractivity contribution in [3.63, 3.8) is 0 Å². The second-order valence-electron chi connectivity index (χ2n) is 7.59. The third-order valence-corrected chi connectivity index (χ3v) is 5.29. The number of anilines is 2. The first-order valence-corrected chi connectivity index (χ1v) is 11.6. The highest BCUT2D eigenvalue weighted by Crippen LogP contribution is 2.36. The molecule has 0 saturated heterocycles. The van der Waals surface area contributed by atoms with Crippen molar-refractivity contribution in [2.45, 2.75) is 6.18 Å². The molecule has 39 heavy (non-hydrogen) atoms. The predicted octanol–water partition coefficient (Wildman–Crippen LogP) is 4.72. The Kier molecular flexibility index (Phi) is 9.60. The van der Waals surface area contributed by atoms with Crippen molar-refractivity contribution in [2.24, 2.45) is 5.10 Å². The molecular weight excluding hydrogens is 592 g/mol. The number of rotatable bonds is 8. The van der Waals surface area contributed by atoms with Crippen molar-refractivity contribution in [3.8, 4) is 11.5 Å². The van der Waals surface area contributed by atoms with Crippen LogP contribution in [0.15, 0.2) is 70.2 Å². The van der Waals surface area contributed by atoms with Crippen LogP contribution in [0.1, 0.15) is 11.1 Å². The minimum absolute atomic E-state index is 0.111. The summed E-state index contributed by atoms with van der Waals surface area (Å²) in [7, 11) is 1.32. The zero-order valence-electron chi connectivity index (χ0n) is 19.9. The SMILES string of the molecule is COc1cc(/C=N\NC(=O)C(=O)Nc2ccc(F)cc2)ccc1OCC(=O)Nc1ccc(Br)cc1C(F)(F)F. The monoisotopic (exact) mass is 610 g/mol. The highest BCUT2D eigenvalue weighted by Gasteiger charge is 2.34. The number of carbonyl (C=O) groups excluding carboxylic acids is 3. The molecule has 0 aliphatic heterocycles. The third-order valence-electron chi connectivity index (χ3n) is 4.80. The number of amides is 3. The van der Waals surface area contributed by atoms with E-state index in [1.54, 1.807) is 0 Å². The zero-order chi connectivity index (χ0) is 28.6. The number of halogens is 5. The van der Waals surface area contributed by atoms with Crippen molar-refractivity contribution < 1.29 is 41.4 Å². The van der Waals surface area contributed by atoms with Crippen LogP contribution in [0.2, 0.25) is 0 Å². The minimum atomic E-state index is -4.68. The number of hydrazone groups is 1. The van der Waals surface area contributed by atoms with Crippen molar-refractivity contribution >= 4 is 51.2 Å². The molecule has 3 amide bonds. The van der Waals surface area contributed by atoms with Gasteiger partial charge in [-0.1, -0.05) is 15.9 Å². The van der Waals surface area contributed by atoms with E-state index >= 15 is 0 Å². The lowest BCUT2D eigenvalue weighted by atomic mass is 10.1. The molecule has 3 rings (SSSR count). The standard InChI is InChI=1S/C25H19BrF4N4O5/c1-38-21-10-14(12-31-34-24(37)23(36)32-17-6-4-16(27)5-7-17)2-9-20(21)39-13-22(35)33-19-8-3-15(26)11-18(19)25(28,29)30/h2-12H,13H2,1H3,(H,32,36)(H,33,35)(H,34,37)/b31-12-. The first-order chi connectivity index (χ1) is 18.5. The molecule has 3 aromatic rings. The fourth-order valence-electron chi connectivity index (χ4n) is 3.01. The molecule has 0 heterocycles. The topological polar surface area (TPSA) is 118 Å². The van der Waals surface area contributed by atoms with Crippen LogP contribution in [0, 0.1) is 5.82 Å². The number of hydrogen-bond donors (Lipinski definition) is 3. The lowest BCUT2D eigenvalue weighted by Gasteiger charge is -2.15. The predicted molar refractivity (Wildman–Crippen MR) is 137 cm³/mol. The van der Waals surface area contributed by atoms with E-state index in [0.29, 0.717) is 5.56 Å². The van der Waals surface area contributed by atoms with E-state index in [1.165, 1.54) is 49.7 Å². The van der Waals surface area contributed by atoms with Gasteiger partial charge in [-0.2, -0.15) is 18.3 Å². The van der Waals surface area contributed by atoms with Gasteiger partial charge in [-0.15, -0.1) is 0 Å². The summed E-state index contributed by atoms with van der Waals surface area (Å²) in [4.78, 5) is 36.0. The van der Waals surface area contributed by atoms with Crippen LogP contribution in [0.25, 0.3) is 0 Å². The maximum absolute atomic E-state index is 13.3. The van der Waals surface area contributed by atoms with Gasteiger partial charge in [-0.3, -0.25) is 14.4 Å². The summed E-state index contributed by atoms with van der Waals surface area (Å²) in [6, 6.07) is 12.5. The van der Waals surface area contributed by atoms with Crippen molar-refractivity contribution in [3.05, 3.63) is 82.1 Å². The summed E-state index contributed by atoms with van der Waals surface area (Å²) in [5.74, 6) is -3.17. The van der Waals surface area contributed by atoms with Gasteiger partial charge in [-0.05, 0) is 66.2 Å². The molecule has 0 atom stereocenters. The summed E-state index contributed by atoms with van der Waals surface area (Å²) < 4.78 is 63.5.